The molecule has 1 aliphatic heterocycles. The van der Waals surface area contributed by atoms with E-state index in [1.165, 1.54) is 28.6 Å². The minimum absolute atomic E-state index is 0. The lowest BCUT2D eigenvalue weighted by molar-refractivity contribution is 0.243. The molecule has 10 heteroatoms. The van der Waals surface area contributed by atoms with Crippen molar-refractivity contribution in [2.24, 2.45) is 11.7 Å². The summed E-state index contributed by atoms with van der Waals surface area (Å²) in [5, 5.41) is 0. The van der Waals surface area contributed by atoms with Crippen molar-refractivity contribution in [1.82, 2.24) is 9.03 Å². The molecule has 3 rings (SSSR count). The summed E-state index contributed by atoms with van der Waals surface area (Å²) in [6, 6.07) is 5.39. The van der Waals surface area contributed by atoms with Gasteiger partial charge in [-0.3, -0.25) is 0 Å². The first-order valence-electron chi connectivity index (χ1n) is 8.58. The van der Waals surface area contributed by atoms with Gasteiger partial charge in [-0.25, -0.2) is 21.6 Å². The molecule has 0 radical (unpaired) electrons. The van der Waals surface area contributed by atoms with Crippen LogP contribution in [0.2, 0.25) is 0 Å². The zero-order valence-electron chi connectivity index (χ0n) is 14.7. The van der Waals surface area contributed by atoms with Gasteiger partial charge >= 0.3 is 0 Å². The van der Waals surface area contributed by atoms with Gasteiger partial charge in [0.1, 0.15) is 0 Å². The van der Waals surface area contributed by atoms with E-state index in [4.69, 9.17) is 5.73 Å². The highest BCUT2D eigenvalue weighted by Gasteiger charge is 2.32. The van der Waals surface area contributed by atoms with Gasteiger partial charge in [-0.05, 0) is 62.8 Å². The first kappa shape index (κ1) is 21.6. The lowest BCUT2D eigenvalue weighted by Gasteiger charge is -2.33. The third-order valence-electron chi connectivity index (χ3n) is 4.84. The summed E-state index contributed by atoms with van der Waals surface area (Å²) >= 11 is 0. The summed E-state index contributed by atoms with van der Waals surface area (Å²) in [7, 11) is -7.22. The maximum atomic E-state index is 12.8. The van der Waals surface area contributed by atoms with Crippen LogP contribution in [0.5, 0.6) is 0 Å². The smallest absolute Gasteiger partial charge is 0.243 e. The molecule has 2 fully saturated rings. The maximum Gasteiger partial charge on any atom is 0.243 e. The molecule has 1 saturated heterocycles. The molecule has 2 atom stereocenters. The number of piperidine rings is 1. The fourth-order valence-electron chi connectivity index (χ4n) is 3.05. The molecule has 26 heavy (non-hydrogen) atoms. The van der Waals surface area contributed by atoms with Crippen molar-refractivity contribution in [2.45, 2.75) is 54.5 Å². The number of hydrogen-bond acceptors (Lipinski definition) is 5. The predicted molar refractivity (Wildman–Crippen MR) is 102 cm³/mol. The number of nitrogens with one attached hydrogen (secondary N) is 1. The Morgan fingerprint density at radius 3 is 2.19 bits per heavy atom. The fraction of sp³-hybridized carbons (Fsp3) is 0.625. The van der Waals surface area contributed by atoms with Crippen LogP contribution in [0.1, 0.15) is 32.6 Å². The van der Waals surface area contributed by atoms with Crippen LogP contribution in [0.4, 0.5) is 0 Å². The Hall–Kier alpha value is -0.710. The van der Waals surface area contributed by atoms with Crippen LogP contribution in [0.15, 0.2) is 34.1 Å². The minimum atomic E-state index is -3.64. The van der Waals surface area contributed by atoms with E-state index in [1.807, 2.05) is 6.92 Å². The van der Waals surface area contributed by atoms with Crippen molar-refractivity contribution < 1.29 is 16.8 Å². The highest BCUT2D eigenvalue weighted by molar-refractivity contribution is 7.89. The molecule has 0 spiro atoms. The van der Waals surface area contributed by atoms with Crippen LogP contribution < -0.4 is 10.5 Å². The lowest BCUT2D eigenvalue weighted by Crippen LogP contribution is -2.44. The summed E-state index contributed by atoms with van der Waals surface area (Å²) in [6.45, 7) is 2.77. The monoisotopic (exact) mass is 423 g/mol. The van der Waals surface area contributed by atoms with Crippen molar-refractivity contribution in [3.63, 3.8) is 0 Å². The van der Waals surface area contributed by atoms with Gasteiger partial charge in [0, 0.05) is 25.2 Å². The average molecular weight is 424 g/mol. The zero-order chi connectivity index (χ0) is 18.2. The van der Waals surface area contributed by atoms with E-state index in [-0.39, 0.29) is 40.2 Å². The van der Waals surface area contributed by atoms with E-state index in [0.717, 1.165) is 25.7 Å². The van der Waals surface area contributed by atoms with Crippen LogP contribution in [0.3, 0.4) is 0 Å². The highest BCUT2D eigenvalue weighted by atomic mass is 35.5. The molecular weight excluding hydrogens is 398 g/mol. The summed E-state index contributed by atoms with van der Waals surface area (Å²) < 4.78 is 54.0. The van der Waals surface area contributed by atoms with Gasteiger partial charge in [-0.2, -0.15) is 4.31 Å². The van der Waals surface area contributed by atoms with E-state index >= 15 is 0 Å². The number of halogens is 1. The Morgan fingerprint density at radius 2 is 1.65 bits per heavy atom. The summed E-state index contributed by atoms with van der Waals surface area (Å²) in [5.41, 5.74) is 5.93. The average Bonchev–Trinajstić information content (AvgIpc) is 3.38. The molecule has 0 aromatic heterocycles. The Labute approximate surface area is 161 Å². The Balaban J connectivity index is 0.00000243. The van der Waals surface area contributed by atoms with Gasteiger partial charge in [-0.1, -0.05) is 0 Å². The number of nitrogens with two attached hydrogens (primary N) is 1. The predicted octanol–water partition coefficient (Wildman–Crippen LogP) is 1.30. The van der Waals surface area contributed by atoms with E-state index in [9.17, 15) is 16.8 Å². The first-order valence-corrected chi connectivity index (χ1v) is 11.5. The molecule has 7 nitrogen and oxygen atoms in total. The third-order valence-corrected chi connectivity index (χ3v) is 8.25. The first-order chi connectivity index (χ1) is 11.7. The van der Waals surface area contributed by atoms with Crippen LogP contribution in [-0.2, 0) is 20.0 Å². The topological polar surface area (TPSA) is 110 Å². The van der Waals surface area contributed by atoms with Crippen LogP contribution in [0.25, 0.3) is 0 Å². The SMILES string of the molecule is CC(N)C1CCCN(S(=O)(=O)c2ccc(S(=O)(=O)NC3CC3)cc2)C1.Cl. The van der Waals surface area contributed by atoms with Gasteiger partial charge in [0.25, 0.3) is 0 Å². The quantitative estimate of drug-likeness (QED) is 0.716. The normalized spacial score (nSPS) is 23.2. The van der Waals surface area contributed by atoms with Crippen molar-refractivity contribution >= 4 is 32.5 Å². The van der Waals surface area contributed by atoms with E-state index < -0.39 is 20.0 Å². The zero-order valence-corrected chi connectivity index (χ0v) is 17.1. The van der Waals surface area contributed by atoms with Crippen LogP contribution >= 0.6 is 12.4 Å². The molecule has 2 aliphatic rings. The summed E-state index contributed by atoms with van der Waals surface area (Å²) in [5.74, 6) is 0.144. The molecule has 148 valence electrons. The summed E-state index contributed by atoms with van der Waals surface area (Å²) in [4.78, 5) is 0.202. The van der Waals surface area contributed by atoms with Crippen LogP contribution in [0, 0.1) is 5.92 Å². The molecule has 1 aliphatic carbocycles. The number of rotatable bonds is 6. The molecule has 1 aromatic rings. The molecule has 1 heterocycles. The number of sulfonamides is 2. The molecule has 1 saturated carbocycles. The van der Waals surface area contributed by atoms with Gasteiger partial charge in [0.15, 0.2) is 0 Å². The second-order valence-corrected chi connectivity index (χ2v) is 10.6. The molecular formula is C16H26ClN3O4S2. The van der Waals surface area contributed by atoms with Crippen molar-refractivity contribution in [2.75, 3.05) is 13.1 Å². The molecule has 0 amide bonds. The highest BCUT2D eigenvalue weighted by Crippen LogP contribution is 2.26. The second-order valence-electron chi connectivity index (χ2n) is 6.99. The summed E-state index contributed by atoms with van der Waals surface area (Å²) in [6.07, 6.45) is 3.40. The molecule has 1 aromatic carbocycles. The van der Waals surface area contributed by atoms with Gasteiger partial charge in [0.05, 0.1) is 9.79 Å². The second kappa shape index (κ2) is 8.12. The number of nitrogens with zero attached hydrogens (tertiary/aromatic N) is 1. The van der Waals surface area contributed by atoms with Gasteiger partial charge in [-0.15, -0.1) is 12.4 Å². The Bertz CT molecular complexity index is 822. The molecule has 3 N–H and O–H groups in total. The van der Waals surface area contributed by atoms with E-state index in [2.05, 4.69) is 4.72 Å². The van der Waals surface area contributed by atoms with E-state index in [0.29, 0.717) is 13.1 Å². The minimum Gasteiger partial charge on any atom is -0.328 e. The lowest BCUT2D eigenvalue weighted by atomic mass is 9.93. The van der Waals surface area contributed by atoms with Crippen LogP contribution in [-0.4, -0.2) is 46.3 Å². The fourth-order valence-corrected chi connectivity index (χ4v) is 5.89. The van der Waals surface area contributed by atoms with Gasteiger partial charge in [0.2, 0.25) is 20.0 Å². The van der Waals surface area contributed by atoms with Crippen molar-refractivity contribution in [3.05, 3.63) is 24.3 Å². The maximum absolute atomic E-state index is 12.8. The largest absolute Gasteiger partial charge is 0.328 e. The molecule has 2 unspecified atom stereocenters. The standard InChI is InChI=1S/C16H25N3O4S2.ClH/c1-12(17)13-3-2-10-19(11-13)25(22,23)16-8-6-15(7-9-16)24(20,21)18-14-4-5-14;/h6-9,12-14,18H,2-5,10-11,17H2,1H3;1H. The van der Waals surface area contributed by atoms with Crippen molar-refractivity contribution in [3.8, 4) is 0 Å². The van der Waals surface area contributed by atoms with E-state index in [1.54, 1.807) is 0 Å². The third kappa shape index (κ3) is 4.76. The van der Waals surface area contributed by atoms with Crippen molar-refractivity contribution in [1.29, 1.82) is 0 Å². The number of benzene rings is 1. The Morgan fingerprint density at radius 1 is 1.08 bits per heavy atom. The molecule has 0 bridgehead atoms. The van der Waals surface area contributed by atoms with Gasteiger partial charge < -0.3 is 5.73 Å². The Kier molecular flexibility index (Phi) is 6.74. The number of hydrogen-bond donors (Lipinski definition) is 2.